The maximum Gasteiger partial charge on any atom is 0.408 e. The van der Waals surface area contributed by atoms with Crippen molar-refractivity contribution in [2.75, 3.05) is 31.5 Å². The van der Waals surface area contributed by atoms with Crippen LogP contribution in [0, 0.1) is 0 Å². The maximum absolute atomic E-state index is 12.6. The van der Waals surface area contributed by atoms with E-state index in [4.69, 9.17) is 0 Å². The average molecular weight is 456 g/mol. The molecule has 0 unspecified atom stereocenters. The number of nitrogens with one attached hydrogen (secondary N) is 3. The minimum absolute atomic E-state index is 0.543. The lowest BCUT2D eigenvalue weighted by atomic mass is 10.1. The van der Waals surface area contributed by atoms with E-state index in [0.29, 0.717) is 17.3 Å². The van der Waals surface area contributed by atoms with Gasteiger partial charge in [0.1, 0.15) is 12.4 Å². The summed E-state index contributed by atoms with van der Waals surface area (Å²) in [5.41, 5.74) is 4.02. The van der Waals surface area contributed by atoms with Gasteiger partial charge < -0.3 is 15.6 Å². The number of hydrogen-bond acceptors (Lipinski definition) is 6. The molecule has 11 heteroatoms. The number of aromatic nitrogens is 5. The summed E-state index contributed by atoms with van der Waals surface area (Å²) >= 11 is 0. The first-order valence-corrected chi connectivity index (χ1v) is 10.7. The zero-order valence-electron chi connectivity index (χ0n) is 17.7. The van der Waals surface area contributed by atoms with Crippen LogP contribution in [-0.4, -0.2) is 62.0 Å². The van der Waals surface area contributed by atoms with Crippen LogP contribution in [0.4, 0.5) is 24.9 Å². The molecular weight excluding hydrogens is 433 g/mol. The number of rotatable bonds is 6. The quantitative estimate of drug-likeness (QED) is 0.412. The number of benzene rings is 1. The average Bonchev–Trinajstić information content (AvgIpc) is 3.39. The van der Waals surface area contributed by atoms with E-state index in [1.165, 1.54) is 18.0 Å². The standard InChI is InChI=1S/C22H23F3N8/c23-22(24,25)14-33-13-17(11-28-33)16-1-2-18-19(10-16)30-21(29-18)31-20-9-15(3-4-27-20)12-32-7-5-26-6-8-32/h1-4,9-11,13,26H,5-8,12,14H2,(H2,27,29,30,31). The molecule has 1 aliphatic rings. The summed E-state index contributed by atoms with van der Waals surface area (Å²) in [5, 5.41) is 10.4. The van der Waals surface area contributed by atoms with E-state index in [1.54, 1.807) is 6.20 Å². The second kappa shape index (κ2) is 8.83. The van der Waals surface area contributed by atoms with Gasteiger partial charge in [0, 0.05) is 50.7 Å². The van der Waals surface area contributed by atoms with Crippen LogP contribution in [0.2, 0.25) is 0 Å². The van der Waals surface area contributed by atoms with E-state index in [2.05, 4.69) is 35.6 Å². The van der Waals surface area contributed by atoms with Crippen LogP contribution < -0.4 is 10.6 Å². The Morgan fingerprint density at radius 1 is 1.06 bits per heavy atom. The zero-order chi connectivity index (χ0) is 22.8. The van der Waals surface area contributed by atoms with Gasteiger partial charge in [-0.25, -0.2) is 9.97 Å². The van der Waals surface area contributed by atoms with Crippen LogP contribution in [0.3, 0.4) is 0 Å². The Balaban J connectivity index is 1.31. The Morgan fingerprint density at radius 3 is 2.73 bits per heavy atom. The topological polar surface area (TPSA) is 86.7 Å². The molecule has 0 bridgehead atoms. The Bertz CT molecular complexity index is 1240. The SMILES string of the molecule is FC(F)(F)Cn1cc(-c2ccc3nc(Nc4cc(CN5CCNCC5)ccn4)[nH]c3c2)cn1. The minimum Gasteiger partial charge on any atom is -0.324 e. The van der Waals surface area contributed by atoms with Crippen molar-refractivity contribution >= 4 is 22.8 Å². The summed E-state index contributed by atoms with van der Waals surface area (Å²) in [7, 11) is 0. The van der Waals surface area contributed by atoms with Crippen LogP contribution in [0.25, 0.3) is 22.2 Å². The van der Waals surface area contributed by atoms with Gasteiger partial charge in [-0.1, -0.05) is 6.07 Å². The normalized spacial score (nSPS) is 15.2. The largest absolute Gasteiger partial charge is 0.408 e. The van der Waals surface area contributed by atoms with Gasteiger partial charge in [0.15, 0.2) is 0 Å². The molecule has 1 saturated heterocycles. The predicted molar refractivity (Wildman–Crippen MR) is 119 cm³/mol. The fraction of sp³-hybridized carbons (Fsp3) is 0.318. The van der Waals surface area contributed by atoms with Crippen molar-refractivity contribution in [2.24, 2.45) is 0 Å². The number of halogens is 3. The molecular formula is C22H23F3N8. The number of alkyl halides is 3. The third-order valence-electron chi connectivity index (χ3n) is 5.48. The van der Waals surface area contributed by atoms with Crippen molar-refractivity contribution in [2.45, 2.75) is 19.3 Å². The second-order valence-electron chi connectivity index (χ2n) is 8.06. The monoisotopic (exact) mass is 456 g/mol. The lowest BCUT2D eigenvalue weighted by Crippen LogP contribution is -2.42. The van der Waals surface area contributed by atoms with Crippen molar-refractivity contribution < 1.29 is 13.2 Å². The highest BCUT2D eigenvalue weighted by atomic mass is 19.4. The number of aromatic amines is 1. The van der Waals surface area contributed by atoms with E-state index in [1.807, 2.05) is 30.3 Å². The van der Waals surface area contributed by atoms with Crippen molar-refractivity contribution in [1.29, 1.82) is 0 Å². The molecule has 3 N–H and O–H groups in total. The summed E-state index contributed by atoms with van der Waals surface area (Å²) in [6, 6.07) is 9.50. The molecule has 172 valence electrons. The molecule has 4 heterocycles. The molecule has 8 nitrogen and oxygen atoms in total. The third-order valence-corrected chi connectivity index (χ3v) is 5.48. The summed E-state index contributed by atoms with van der Waals surface area (Å²) in [5.74, 6) is 1.23. The summed E-state index contributed by atoms with van der Waals surface area (Å²) < 4.78 is 38.7. The number of H-pyrrole nitrogens is 1. The molecule has 1 aliphatic heterocycles. The number of nitrogens with zero attached hydrogens (tertiary/aromatic N) is 5. The molecule has 1 aromatic carbocycles. The molecule has 4 aromatic rings. The van der Waals surface area contributed by atoms with Gasteiger partial charge >= 0.3 is 6.18 Å². The first-order chi connectivity index (χ1) is 15.9. The molecule has 0 atom stereocenters. The predicted octanol–water partition coefficient (Wildman–Crippen LogP) is 3.53. The summed E-state index contributed by atoms with van der Waals surface area (Å²) in [6.45, 7) is 3.79. The highest BCUT2D eigenvalue weighted by molar-refractivity contribution is 5.83. The third kappa shape index (κ3) is 5.32. The Hall–Kier alpha value is -3.44. The Labute approximate surface area is 187 Å². The van der Waals surface area contributed by atoms with Crippen LogP contribution in [-0.2, 0) is 13.1 Å². The van der Waals surface area contributed by atoms with Gasteiger partial charge in [-0.3, -0.25) is 9.58 Å². The number of pyridine rings is 1. The van der Waals surface area contributed by atoms with Gasteiger partial charge in [-0.05, 0) is 35.4 Å². The lowest BCUT2D eigenvalue weighted by molar-refractivity contribution is -0.142. The first kappa shape index (κ1) is 21.4. The second-order valence-corrected chi connectivity index (χ2v) is 8.06. The van der Waals surface area contributed by atoms with E-state index >= 15 is 0 Å². The molecule has 5 rings (SSSR count). The number of anilines is 2. The molecule has 0 amide bonds. The fourth-order valence-electron chi connectivity index (χ4n) is 3.92. The Kier molecular flexibility index (Phi) is 5.73. The molecule has 33 heavy (non-hydrogen) atoms. The van der Waals surface area contributed by atoms with Crippen LogP contribution in [0.5, 0.6) is 0 Å². The molecule has 0 spiro atoms. The van der Waals surface area contributed by atoms with Crippen LogP contribution in [0.1, 0.15) is 5.56 Å². The Morgan fingerprint density at radius 2 is 1.91 bits per heavy atom. The van der Waals surface area contributed by atoms with Gasteiger partial charge in [-0.2, -0.15) is 18.3 Å². The first-order valence-electron chi connectivity index (χ1n) is 10.7. The molecule has 0 aliphatic carbocycles. The summed E-state index contributed by atoms with van der Waals surface area (Å²) in [6.07, 6.45) is 0.279. The smallest absolute Gasteiger partial charge is 0.324 e. The minimum atomic E-state index is -4.31. The molecule has 3 aromatic heterocycles. The molecule has 0 saturated carbocycles. The van der Waals surface area contributed by atoms with Crippen molar-refractivity contribution in [3.63, 3.8) is 0 Å². The highest BCUT2D eigenvalue weighted by Crippen LogP contribution is 2.26. The van der Waals surface area contributed by atoms with Gasteiger partial charge in [0.25, 0.3) is 0 Å². The zero-order valence-corrected chi connectivity index (χ0v) is 17.7. The van der Waals surface area contributed by atoms with Gasteiger partial charge in [0.05, 0.1) is 17.2 Å². The van der Waals surface area contributed by atoms with E-state index in [-0.39, 0.29) is 0 Å². The van der Waals surface area contributed by atoms with Crippen molar-refractivity contribution in [3.8, 4) is 11.1 Å². The molecule has 1 fully saturated rings. The van der Waals surface area contributed by atoms with Crippen LogP contribution in [0.15, 0.2) is 48.9 Å². The van der Waals surface area contributed by atoms with Gasteiger partial charge in [-0.15, -0.1) is 0 Å². The molecule has 0 radical (unpaired) electrons. The van der Waals surface area contributed by atoms with Crippen molar-refractivity contribution in [3.05, 3.63) is 54.5 Å². The van der Waals surface area contributed by atoms with E-state index < -0.39 is 12.7 Å². The highest BCUT2D eigenvalue weighted by Gasteiger charge is 2.28. The summed E-state index contributed by atoms with van der Waals surface area (Å²) in [4.78, 5) is 14.5. The van der Waals surface area contributed by atoms with Gasteiger partial charge in [0.2, 0.25) is 5.95 Å². The number of imidazole rings is 1. The number of piperazine rings is 1. The van der Waals surface area contributed by atoms with Crippen LogP contribution >= 0.6 is 0 Å². The maximum atomic E-state index is 12.6. The van der Waals surface area contributed by atoms with E-state index in [0.717, 1.165) is 54.0 Å². The number of fused-ring (bicyclic) bond motifs is 1. The lowest BCUT2D eigenvalue weighted by Gasteiger charge is -2.27. The number of hydrogen-bond donors (Lipinski definition) is 3. The fourth-order valence-corrected chi connectivity index (χ4v) is 3.92. The van der Waals surface area contributed by atoms with E-state index in [9.17, 15) is 13.2 Å². The van der Waals surface area contributed by atoms with Crippen molar-refractivity contribution in [1.82, 2.24) is 34.9 Å².